The summed E-state index contributed by atoms with van der Waals surface area (Å²) in [7, 11) is 0. The van der Waals surface area contributed by atoms with Crippen molar-refractivity contribution in [2.75, 3.05) is 0 Å². The Morgan fingerprint density at radius 3 is 1.85 bits per heavy atom. The highest BCUT2D eigenvalue weighted by Crippen LogP contribution is 2.13. The van der Waals surface area contributed by atoms with E-state index in [9.17, 15) is 9.59 Å². The second kappa shape index (κ2) is 5.35. The van der Waals surface area contributed by atoms with Crippen LogP contribution in [0.15, 0.2) is 11.1 Å². The van der Waals surface area contributed by atoms with Gasteiger partial charge in [0, 0.05) is 6.42 Å². The van der Waals surface area contributed by atoms with Crippen LogP contribution in [-0.2, 0) is 9.59 Å². The zero-order valence-corrected chi connectivity index (χ0v) is 7.83. The Balaban J connectivity index is 4.10. The molecule has 2 N–H and O–H groups in total. The highest BCUT2D eigenvalue weighted by atomic mass is 16.4. The van der Waals surface area contributed by atoms with Crippen LogP contribution in [0.25, 0.3) is 0 Å². The lowest BCUT2D eigenvalue weighted by Gasteiger charge is -2.03. The molecule has 0 radical (unpaired) electrons. The van der Waals surface area contributed by atoms with Crippen LogP contribution in [0.2, 0.25) is 0 Å². The molecular weight excluding hydrogens is 172 g/mol. The number of aliphatic carboxylic acids is 2. The molecule has 0 saturated heterocycles. The zero-order valence-electron chi connectivity index (χ0n) is 7.83. The first-order valence-corrected chi connectivity index (χ1v) is 4.02. The van der Waals surface area contributed by atoms with Gasteiger partial charge in [-0.05, 0) is 20.3 Å². The smallest absolute Gasteiger partial charge is 0.307 e. The largest absolute Gasteiger partial charge is 0.481 e. The highest BCUT2D eigenvalue weighted by molar-refractivity contribution is 5.70. The predicted octanol–water partition coefficient (Wildman–Crippen LogP) is 1.66. The predicted molar refractivity (Wildman–Crippen MR) is 47.5 cm³/mol. The van der Waals surface area contributed by atoms with Crippen LogP contribution < -0.4 is 0 Å². The van der Waals surface area contributed by atoms with Gasteiger partial charge in [-0.3, -0.25) is 9.59 Å². The summed E-state index contributed by atoms with van der Waals surface area (Å²) >= 11 is 0. The molecule has 4 heteroatoms. The average Bonchev–Trinajstić information content (AvgIpc) is 1.98. The van der Waals surface area contributed by atoms with E-state index in [1.54, 1.807) is 13.8 Å². The van der Waals surface area contributed by atoms with E-state index in [2.05, 4.69) is 0 Å². The number of rotatable bonds is 5. The summed E-state index contributed by atoms with van der Waals surface area (Å²) < 4.78 is 0. The fraction of sp³-hybridized carbons (Fsp3) is 0.556. The van der Waals surface area contributed by atoms with Gasteiger partial charge in [0.1, 0.15) is 0 Å². The summed E-state index contributed by atoms with van der Waals surface area (Å²) in [5, 5.41) is 16.8. The van der Waals surface area contributed by atoms with E-state index >= 15 is 0 Å². The Hall–Kier alpha value is -1.32. The van der Waals surface area contributed by atoms with E-state index in [4.69, 9.17) is 10.2 Å². The lowest BCUT2D eigenvalue weighted by molar-refractivity contribution is -0.137. The Morgan fingerprint density at radius 2 is 1.46 bits per heavy atom. The highest BCUT2D eigenvalue weighted by Gasteiger charge is 2.04. The molecule has 13 heavy (non-hydrogen) atoms. The lowest BCUT2D eigenvalue weighted by atomic mass is 10.0. The molecular formula is C9H14O4. The zero-order chi connectivity index (χ0) is 10.4. The summed E-state index contributed by atoms with van der Waals surface area (Å²) in [5.74, 6) is -1.74. The molecule has 0 heterocycles. The normalized spacial score (nSPS) is 12.2. The van der Waals surface area contributed by atoms with Crippen molar-refractivity contribution in [1.82, 2.24) is 0 Å². The van der Waals surface area contributed by atoms with E-state index in [0.717, 1.165) is 11.1 Å². The molecule has 0 aliphatic heterocycles. The quantitative estimate of drug-likeness (QED) is 0.640. The van der Waals surface area contributed by atoms with Crippen molar-refractivity contribution in [2.24, 2.45) is 0 Å². The maximum absolute atomic E-state index is 10.3. The van der Waals surface area contributed by atoms with Crippen molar-refractivity contribution in [2.45, 2.75) is 33.1 Å². The fourth-order valence-corrected chi connectivity index (χ4v) is 0.886. The first-order chi connectivity index (χ1) is 5.93. The van der Waals surface area contributed by atoms with Gasteiger partial charge in [-0.25, -0.2) is 0 Å². The van der Waals surface area contributed by atoms with Crippen molar-refractivity contribution in [3.8, 4) is 0 Å². The van der Waals surface area contributed by atoms with E-state index in [0.29, 0.717) is 6.42 Å². The molecule has 0 aromatic heterocycles. The summed E-state index contributed by atoms with van der Waals surface area (Å²) in [5.41, 5.74) is 1.60. The molecule has 0 bridgehead atoms. The van der Waals surface area contributed by atoms with Crippen LogP contribution in [0.5, 0.6) is 0 Å². The van der Waals surface area contributed by atoms with E-state index < -0.39 is 11.9 Å². The number of hydrogen-bond acceptors (Lipinski definition) is 2. The number of carboxylic acids is 2. The SMILES string of the molecule is CC(CCC(=O)O)=C(C)CC(=O)O. The van der Waals surface area contributed by atoms with Crippen molar-refractivity contribution >= 4 is 11.9 Å². The molecule has 74 valence electrons. The first kappa shape index (κ1) is 11.7. The molecule has 0 aliphatic carbocycles. The Labute approximate surface area is 76.9 Å². The second-order valence-corrected chi connectivity index (χ2v) is 3.02. The Kier molecular flexibility index (Phi) is 4.80. The van der Waals surface area contributed by atoms with Gasteiger partial charge in [0.15, 0.2) is 0 Å². The number of allylic oxidation sites excluding steroid dienone is 1. The van der Waals surface area contributed by atoms with Gasteiger partial charge in [-0.15, -0.1) is 0 Å². The molecule has 0 aliphatic rings. The minimum Gasteiger partial charge on any atom is -0.481 e. The van der Waals surface area contributed by atoms with E-state index in [1.807, 2.05) is 0 Å². The van der Waals surface area contributed by atoms with Crippen LogP contribution in [0, 0.1) is 0 Å². The number of hydrogen-bond donors (Lipinski definition) is 2. The summed E-state index contributed by atoms with van der Waals surface area (Å²) in [6, 6.07) is 0. The van der Waals surface area contributed by atoms with E-state index in [1.165, 1.54) is 0 Å². The molecule has 0 amide bonds. The third-order valence-electron chi connectivity index (χ3n) is 1.86. The standard InChI is InChI=1S/C9H14O4/c1-6(3-4-8(10)11)7(2)5-9(12)13/h3-5H2,1-2H3,(H,10,11)(H,12,13). The molecule has 4 nitrogen and oxygen atoms in total. The van der Waals surface area contributed by atoms with Gasteiger partial charge in [0.05, 0.1) is 6.42 Å². The molecule has 0 fully saturated rings. The van der Waals surface area contributed by atoms with Crippen LogP contribution >= 0.6 is 0 Å². The first-order valence-electron chi connectivity index (χ1n) is 4.02. The molecule has 0 aromatic rings. The maximum Gasteiger partial charge on any atom is 0.307 e. The minimum atomic E-state index is -0.882. The molecule has 0 unspecified atom stereocenters. The number of carboxylic acid groups (broad SMARTS) is 2. The van der Waals surface area contributed by atoms with Crippen LogP contribution in [0.1, 0.15) is 33.1 Å². The van der Waals surface area contributed by atoms with Gasteiger partial charge in [0.25, 0.3) is 0 Å². The second-order valence-electron chi connectivity index (χ2n) is 3.02. The van der Waals surface area contributed by atoms with Gasteiger partial charge in [-0.2, -0.15) is 0 Å². The molecule has 0 atom stereocenters. The van der Waals surface area contributed by atoms with Crippen LogP contribution in [0.4, 0.5) is 0 Å². The van der Waals surface area contributed by atoms with Crippen molar-refractivity contribution in [3.63, 3.8) is 0 Å². The Morgan fingerprint density at radius 1 is 0.923 bits per heavy atom. The van der Waals surface area contributed by atoms with Gasteiger partial charge >= 0.3 is 11.9 Å². The molecule has 0 aromatic carbocycles. The third-order valence-corrected chi connectivity index (χ3v) is 1.86. The van der Waals surface area contributed by atoms with Crippen molar-refractivity contribution in [1.29, 1.82) is 0 Å². The fourth-order valence-electron chi connectivity index (χ4n) is 0.886. The van der Waals surface area contributed by atoms with Gasteiger partial charge in [0.2, 0.25) is 0 Å². The van der Waals surface area contributed by atoms with Gasteiger partial charge < -0.3 is 10.2 Å². The lowest BCUT2D eigenvalue weighted by Crippen LogP contribution is -1.99. The summed E-state index contributed by atoms with van der Waals surface area (Å²) in [6.07, 6.45) is 0.475. The minimum absolute atomic E-state index is 0.00848. The monoisotopic (exact) mass is 186 g/mol. The van der Waals surface area contributed by atoms with Gasteiger partial charge in [-0.1, -0.05) is 11.1 Å². The summed E-state index contributed by atoms with van der Waals surface area (Å²) in [4.78, 5) is 20.5. The average molecular weight is 186 g/mol. The third kappa shape index (κ3) is 5.90. The van der Waals surface area contributed by atoms with Crippen LogP contribution in [0.3, 0.4) is 0 Å². The topological polar surface area (TPSA) is 74.6 Å². The maximum atomic E-state index is 10.3. The van der Waals surface area contributed by atoms with E-state index in [-0.39, 0.29) is 12.8 Å². The van der Waals surface area contributed by atoms with Crippen LogP contribution in [-0.4, -0.2) is 22.2 Å². The van der Waals surface area contributed by atoms with Crippen molar-refractivity contribution < 1.29 is 19.8 Å². The Bertz CT molecular complexity index is 240. The molecule has 0 saturated carbocycles. The number of carbonyl (C=O) groups is 2. The molecule has 0 spiro atoms. The van der Waals surface area contributed by atoms with Crippen molar-refractivity contribution in [3.05, 3.63) is 11.1 Å². The summed E-state index contributed by atoms with van der Waals surface area (Å²) in [6.45, 7) is 3.48. The molecule has 0 rings (SSSR count).